The van der Waals surface area contributed by atoms with Gasteiger partial charge in [-0.05, 0) is 63.1 Å². The lowest BCUT2D eigenvalue weighted by Crippen LogP contribution is -2.35. The molecule has 2 amide bonds. The van der Waals surface area contributed by atoms with Crippen molar-refractivity contribution < 1.29 is 18.7 Å². The van der Waals surface area contributed by atoms with Crippen molar-refractivity contribution in [3.63, 3.8) is 0 Å². The Labute approximate surface area is 170 Å². The van der Waals surface area contributed by atoms with Crippen LogP contribution in [0.15, 0.2) is 48.2 Å². The van der Waals surface area contributed by atoms with Gasteiger partial charge in [-0.15, -0.1) is 0 Å². The van der Waals surface area contributed by atoms with Crippen LogP contribution in [0.3, 0.4) is 0 Å². The maximum absolute atomic E-state index is 13.3. The van der Waals surface area contributed by atoms with Crippen LogP contribution in [0, 0.1) is 19.7 Å². The molecule has 6 heteroatoms. The molecular weight excluding hydrogens is 371 g/mol. The number of nitrogens with zero attached hydrogens (tertiary/aromatic N) is 1. The summed E-state index contributed by atoms with van der Waals surface area (Å²) in [5, 5.41) is 3.03. The zero-order valence-electron chi connectivity index (χ0n) is 17.1. The number of anilines is 1. The van der Waals surface area contributed by atoms with Gasteiger partial charge in [0.15, 0.2) is 0 Å². The van der Waals surface area contributed by atoms with Gasteiger partial charge < -0.3 is 10.1 Å². The molecule has 1 aliphatic heterocycles. The fraction of sp³-hybridized carbons (Fsp3) is 0.304. The summed E-state index contributed by atoms with van der Waals surface area (Å²) in [4.78, 5) is 27.5. The largest absolute Gasteiger partial charge is 0.377 e. The van der Waals surface area contributed by atoms with Gasteiger partial charge in [-0.3, -0.25) is 14.5 Å². The first-order valence-electron chi connectivity index (χ1n) is 9.60. The molecule has 152 valence electrons. The zero-order chi connectivity index (χ0) is 21.1. The van der Waals surface area contributed by atoms with E-state index in [0.717, 1.165) is 11.1 Å². The number of ether oxygens (including phenoxy) is 1. The van der Waals surface area contributed by atoms with Crippen LogP contribution in [-0.2, 0) is 14.3 Å². The molecule has 2 aromatic rings. The van der Waals surface area contributed by atoms with Gasteiger partial charge in [-0.1, -0.05) is 23.8 Å². The van der Waals surface area contributed by atoms with E-state index in [9.17, 15) is 14.0 Å². The minimum absolute atomic E-state index is 0.00592. The molecule has 1 aliphatic rings. The lowest BCUT2D eigenvalue weighted by Gasteiger charge is -2.16. The monoisotopic (exact) mass is 396 g/mol. The van der Waals surface area contributed by atoms with Gasteiger partial charge in [0.05, 0.1) is 24.8 Å². The van der Waals surface area contributed by atoms with Gasteiger partial charge in [-0.25, -0.2) is 4.39 Å². The van der Waals surface area contributed by atoms with E-state index in [-0.39, 0.29) is 36.7 Å². The second-order valence-electron chi connectivity index (χ2n) is 7.38. The normalized spacial score (nSPS) is 14.3. The van der Waals surface area contributed by atoms with Crippen molar-refractivity contribution in [2.24, 2.45) is 0 Å². The summed E-state index contributed by atoms with van der Waals surface area (Å²) in [5.74, 6) is -1.15. The number of rotatable bonds is 7. The number of aryl methyl sites for hydroxylation is 2. The number of halogens is 1. The molecule has 0 aromatic heterocycles. The molecule has 0 bridgehead atoms. The lowest BCUT2D eigenvalue weighted by atomic mass is 9.97. The average Bonchev–Trinajstić information content (AvgIpc) is 2.88. The third kappa shape index (κ3) is 4.54. The second kappa shape index (κ2) is 8.57. The van der Waals surface area contributed by atoms with E-state index in [4.69, 9.17) is 4.74 Å². The molecule has 1 N–H and O–H groups in total. The SMILES string of the molecule is Cc1ccc(C2=C(Nc3ccc(F)cc3)C(=O)N(CCOC(C)C)C2=O)c(C)c1. The minimum Gasteiger partial charge on any atom is -0.377 e. The van der Waals surface area contributed by atoms with Crippen LogP contribution in [0.2, 0.25) is 0 Å². The number of hydrogen-bond donors (Lipinski definition) is 1. The number of carbonyl (C=O) groups excluding carboxylic acids is 2. The summed E-state index contributed by atoms with van der Waals surface area (Å²) in [6.07, 6.45) is 0.00592. The molecule has 29 heavy (non-hydrogen) atoms. The number of carbonyl (C=O) groups is 2. The number of nitrogens with one attached hydrogen (secondary N) is 1. The van der Waals surface area contributed by atoms with Gasteiger partial charge in [-0.2, -0.15) is 0 Å². The maximum atomic E-state index is 13.3. The first-order valence-corrected chi connectivity index (χ1v) is 9.60. The maximum Gasteiger partial charge on any atom is 0.278 e. The standard InChI is InChI=1S/C23H25FN2O3/c1-14(2)29-12-11-26-22(27)20(19-10-5-15(3)13-16(19)4)21(23(26)28)25-18-8-6-17(24)7-9-18/h5-10,13-14,25H,11-12H2,1-4H3. The van der Waals surface area contributed by atoms with Crippen molar-refractivity contribution in [1.82, 2.24) is 4.90 Å². The number of amides is 2. The van der Waals surface area contributed by atoms with Gasteiger partial charge in [0.25, 0.3) is 11.8 Å². The van der Waals surface area contributed by atoms with Crippen LogP contribution < -0.4 is 5.32 Å². The van der Waals surface area contributed by atoms with Crippen molar-refractivity contribution in [2.45, 2.75) is 33.8 Å². The summed E-state index contributed by atoms with van der Waals surface area (Å²) >= 11 is 0. The summed E-state index contributed by atoms with van der Waals surface area (Å²) in [6.45, 7) is 8.11. The number of hydrogen-bond acceptors (Lipinski definition) is 4. The van der Waals surface area contributed by atoms with Crippen LogP contribution in [0.5, 0.6) is 0 Å². The van der Waals surface area contributed by atoms with Crippen LogP contribution in [0.1, 0.15) is 30.5 Å². The van der Waals surface area contributed by atoms with Crippen molar-refractivity contribution in [3.05, 3.63) is 70.7 Å². The molecule has 0 radical (unpaired) electrons. The summed E-state index contributed by atoms with van der Waals surface area (Å²) in [7, 11) is 0. The van der Waals surface area contributed by atoms with Gasteiger partial charge in [0, 0.05) is 5.69 Å². The Morgan fingerprint density at radius 2 is 1.72 bits per heavy atom. The number of imide groups is 1. The van der Waals surface area contributed by atoms with Crippen LogP contribution >= 0.6 is 0 Å². The molecular formula is C23H25FN2O3. The molecule has 0 unspecified atom stereocenters. The lowest BCUT2D eigenvalue weighted by molar-refractivity contribution is -0.137. The highest BCUT2D eigenvalue weighted by Crippen LogP contribution is 2.32. The second-order valence-corrected chi connectivity index (χ2v) is 7.38. The fourth-order valence-electron chi connectivity index (χ4n) is 3.30. The molecule has 2 aromatic carbocycles. The summed E-state index contributed by atoms with van der Waals surface area (Å²) in [5.41, 5.74) is 3.72. The third-order valence-corrected chi connectivity index (χ3v) is 4.70. The summed E-state index contributed by atoms with van der Waals surface area (Å²) < 4.78 is 18.8. The molecule has 0 fully saturated rings. The fourth-order valence-corrected chi connectivity index (χ4v) is 3.30. The molecule has 0 saturated carbocycles. The van der Waals surface area contributed by atoms with Crippen LogP contribution in [0.4, 0.5) is 10.1 Å². The Bertz CT molecular complexity index is 965. The highest BCUT2D eigenvalue weighted by atomic mass is 19.1. The van der Waals surface area contributed by atoms with Crippen molar-refractivity contribution in [3.8, 4) is 0 Å². The molecule has 3 rings (SSSR count). The van der Waals surface area contributed by atoms with Crippen molar-refractivity contribution in [2.75, 3.05) is 18.5 Å². The van der Waals surface area contributed by atoms with E-state index >= 15 is 0 Å². The quantitative estimate of drug-likeness (QED) is 0.717. The van der Waals surface area contributed by atoms with Crippen molar-refractivity contribution in [1.29, 1.82) is 0 Å². The zero-order valence-corrected chi connectivity index (χ0v) is 17.1. The van der Waals surface area contributed by atoms with E-state index in [1.807, 2.05) is 45.9 Å². The van der Waals surface area contributed by atoms with Gasteiger partial charge >= 0.3 is 0 Å². The molecule has 0 atom stereocenters. The van der Waals surface area contributed by atoms with E-state index in [1.165, 1.54) is 29.2 Å². The van der Waals surface area contributed by atoms with Gasteiger partial charge in [0.1, 0.15) is 11.5 Å². The highest BCUT2D eigenvalue weighted by Gasteiger charge is 2.39. The third-order valence-electron chi connectivity index (χ3n) is 4.70. The Morgan fingerprint density at radius 3 is 2.34 bits per heavy atom. The minimum atomic E-state index is -0.415. The van der Waals surface area contributed by atoms with E-state index < -0.39 is 5.91 Å². The van der Waals surface area contributed by atoms with E-state index in [0.29, 0.717) is 16.8 Å². The first kappa shape index (κ1) is 20.7. The van der Waals surface area contributed by atoms with E-state index in [2.05, 4.69) is 5.32 Å². The number of benzene rings is 2. The predicted octanol–water partition coefficient (Wildman–Crippen LogP) is 4.06. The molecule has 0 spiro atoms. The average molecular weight is 396 g/mol. The predicted molar refractivity (Wildman–Crippen MR) is 111 cm³/mol. The molecule has 5 nitrogen and oxygen atoms in total. The topological polar surface area (TPSA) is 58.6 Å². The van der Waals surface area contributed by atoms with Crippen LogP contribution in [-0.4, -0.2) is 36.0 Å². The Morgan fingerprint density at radius 1 is 1.03 bits per heavy atom. The molecule has 1 heterocycles. The Balaban J connectivity index is 2.00. The smallest absolute Gasteiger partial charge is 0.278 e. The van der Waals surface area contributed by atoms with Crippen molar-refractivity contribution >= 4 is 23.1 Å². The highest BCUT2D eigenvalue weighted by molar-refractivity contribution is 6.36. The van der Waals surface area contributed by atoms with Gasteiger partial charge in [0.2, 0.25) is 0 Å². The summed E-state index contributed by atoms with van der Waals surface area (Å²) in [6, 6.07) is 11.4. The molecule has 0 saturated heterocycles. The Hall–Kier alpha value is -2.99. The van der Waals surface area contributed by atoms with Crippen LogP contribution in [0.25, 0.3) is 5.57 Å². The molecule has 0 aliphatic carbocycles. The Kier molecular flexibility index (Phi) is 6.13. The first-order chi connectivity index (χ1) is 13.8. The van der Waals surface area contributed by atoms with E-state index in [1.54, 1.807) is 0 Å².